The normalized spacial score (nSPS) is 18.2. The molecule has 1 aromatic carbocycles. The summed E-state index contributed by atoms with van der Waals surface area (Å²) in [6, 6.07) is 7.64. The lowest BCUT2D eigenvalue weighted by molar-refractivity contribution is -0.132. The number of benzene rings is 1. The fraction of sp³-hybridized carbons (Fsp3) is 0.667. The number of hydrogen-bond acceptors (Lipinski definition) is 3. The van der Waals surface area contributed by atoms with E-state index < -0.39 is 0 Å². The van der Waals surface area contributed by atoms with Gasteiger partial charge in [-0.05, 0) is 43.5 Å². The number of hydrogen-bond donors (Lipinski definition) is 0. The summed E-state index contributed by atoms with van der Waals surface area (Å²) in [5, 5.41) is 0. The predicted octanol–water partition coefficient (Wildman–Crippen LogP) is 6.10. The molecule has 2 saturated heterocycles. The Morgan fingerprint density at radius 3 is 2.27 bits per heavy atom. The van der Waals surface area contributed by atoms with Crippen molar-refractivity contribution in [1.29, 1.82) is 0 Å². The first-order valence-corrected chi connectivity index (χ1v) is 13.3. The zero-order valence-electron chi connectivity index (χ0n) is 18.2. The molecule has 0 atom stereocenters. The molecule has 0 N–H and O–H groups in total. The van der Waals surface area contributed by atoms with Gasteiger partial charge in [0.05, 0.1) is 4.87 Å². The largest absolute Gasteiger partial charge is 0.342 e. The molecule has 2 aliphatic heterocycles. The highest BCUT2D eigenvalue weighted by atomic mass is 79.9. The van der Waals surface area contributed by atoms with Gasteiger partial charge in [-0.2, -0.15) is 0 Å². The maximum atomic E-state index is 13.1. The van der Waals surface area contributed by atoms with Crippen LogP contribution in [0.4, 0.5) is 0 Å². The van der Waals surface area contributed by atoms with E-state index in [1.807, 2.05) is 40.9 Å². The van der Waals surface area contributed by atoms with Crippen LogP contribution in [0.3, 0.4) is 0 Å². The third-order valence-corrected chi connectivity index (χ3v) is 8.49. The molecule has 4 nitrogen and oxygen atoms in total. The van der Waals surface area contributed by atoms with Crippen LogP contribution >= 0.6 is 27.7 Å². The second-order valence-electron chi connectivity index (χ2n) is 8.51. The van der Waals surface area contributed by atoms with E-state index in [4.69, 9.17) is 0 Å². The number of nitrogens with zero attached hydrogens (tertiary/aromatic N) is 2. The van der Waals surface area contributed by atoms with Crippen molar-refractivity contribution < 1.29 is 9.59 Å². The van der Waals surface area contributed by atoms with Crippen LogP contribution in [0.15, 0.2) is 28.7 Å². The lowest BCUT2D eigenvalue weighted by Crippen LogP contribution is -2.53. The van der Waals surface area contributed by atoms with Gasteiger partial charge < -0.3 is 9.80 Å². The van der Waals surface area contributed by atoms with E-state index in [-0.39, 0.29) is 10.8 Å². The van der Waals surface area contributed by atoms with Crippen LogP contribution in [0, 0.1) is 0 Å². The number of thioether (sulfide) groups is 1. The minimum Gasteiger partial charge on any atom is -0.342 e. The lowest BCUT2D eigenvalue weighted by Gasteiger charge is -2.44. The van der Waals surface area contributed by atoms with Crippen LogP contribution in [0.25, 0.3) is 0 Å². The third kappa shape index (κ3) is 6.03. The molecule has 30 heavy (non-hydrogen) atoms. The van der Waals surface area contributed by atoms with Crippen molar-refractivity contribution in [3.05, 3.63) is 34.3 Å². The molecule has 1 spiro atoms. The molecule has 2 amide bonds. The van der Waals surface area contributed by atoms with Gasteiger partial charge in [0.2, 0.25) is 5.91 Å². The summed E-state index contributed by atoms with van der Waals surface area (Å²) in [7, 11) is 0. The standard InChI is InChI=1S/C24H35BrN2O2S/c1-2-3-4-5-6-7-8-9-22(28)26-16-14-24(15-17-26)27(18-19-30-24)23(29)20-10-12-21(25)13-11-20/h10-13H,2-9,14-19H2,1H3. The van der Waals surface area contributed by atoms with E-state index in [0.717, 1.165) is 54.7 Å². The van der Waals surface area contributed by atoms with Gasteiger partial charge in [-0.3, -0.25) is 9.59 Å². The molecule has 1 aromatic rings. The van der Waals surface area contributed by atoms with E-state index in [1.165, 1.54) is 38.5 Å². The topological polar surface area (TPSA) is 40.6 Å². The fourth-order valence-electron chi connectivity index (χ4n) is 4.55. The van der Waals surface area contributed by atoms with Crippen molar-refractivity contribution in [3.8, 4) is 0 Å². The number of carbonyl (C=O) groups is 2. The second kappa shape index (κ2) is 11.6. The molecule has 0 unspecified atom stereocenters. The van der Waals surface area contributed by atoms with E-state index in [0.29, 0.717) is 12.3 Å². The Labute approximate surface area is 194 Å². The molecule has 2 heterocycles. The molecule has 0 bridgehead atoms. The summed E-state index contributed by atoms with van der Waals surface area (Å²) in [6.45, 7) is 4.58. The van der Waals surface area contributed by atoms with Crippen LogP contribution in [0.5, 0.6) is 0 Å². The van der Waals surface area contributed by atoms with Crippen molar-refractivity contribution in [2.75, 3.05) is 25.4 Å². The molecule has 166 valence electrons. The molecule has 0 aromatic heterocycles. The zero-order valence-corrected chi connectivity index (χ0v) is 20.6. The second-order valence-corrected chi connectivity index (χ2v) is 10.9. The molecular weight excluding hydrogens is 460 g/mol. The number of piperidine rings is 1. The summed E-state index contributed by atoms with van der Waals surface area (Å²) in [5.74, 6) is 1.40. The quantitative estimate of drug-likeness (QED) is 0.389. The number of likely N-dealkylation sites (tertiary alicyclic amines) is 1. The number of unbranched alkanes of at least 4 members (excludes halogenated alkanes) is 6. The van der Waals surface area contributed by atoms with E-state index in [2.05, 4.69) is 27.8 Å². The maximum Gasteiger partial charge on any atom is 0.254 e. The smallest absolute Gasteiger partial charge is 0.254 e. The van der Waals surface area contributed by atoms with Gasteiger partial charge >= 0.3 is 0 Å². The first-order chi connectivity index (χ1) is 14.6. The van der Waals surface area contributed by atoms with Crippen molar-refractivity contribution >= 4 is 39.5 Å². The minimum atomic E-state index is -0.139. The first-order valence-electron chi connectivity index (χ1n) is 11.5. The van der Waals surface area contributed by atoms with Gasteiger partial charge in [-0.25, -0.2) is 0 Å². The Balaban J connectivity index is 1.45. The highest BCUT2D eigenvalue weighted by molar-refractivity contribution is 9.10. The highest BCUT2D eigenvalue weighted by Crippen LogP contribution is 2.44. The number of amides is 2. The lowest BCUT2D eigenvalue weighted by atomic mass is 10.00. The number of halogens is 1. The van der Waals surface area contributed by atoms with Gasteiger partial charge in [-0.15, -0.1) is 11.8 Å². The van der Waals surface area contributed by atoms with Gasteiger partial charge in [0.1, 0.15) is 0 Å². The Morgan fingerprint density at radius 2 is 1.60 bits per heavy atom. The number of rotatable bonds is 9. The Hall–Kier alpha value is -1.01. The molecule has 6 heteroatoms. The van der Waals surface area contributed by atoms with Crippen molar-refractivity contribution in [3.63, 3.8) is 0 Å². The summed E-state index contributed by atoms with van der Waals surface area (Å²) >= 11 is 5.34. The molecule has 0 radical (unpaired) electrons. The van der Waals surface area contributed by atoms with Crippen LogP contribution in [0.2, 0.25) is 0 Å². The average molecular weight is 496 g/mol. The van der Waals surface area contributed by atoms with Gasteiger partial charge in [0, 0.05) is 41.8 Å². The van der Waals surface area contributed by atoms with Crippen molar-refractivity contribution in [1.82, 2.24) is 9.80 Å². The molecule has 0 saturated carbocycles. The van der Waals surface area contributed by atoms with E-state index in [1.54, 1.807) is 0 Å². The maximum absolute atomic E-state index is 13.1. The summed E-state index contributed by atoms with van der Waals surface area (Å²) in [6.07, 6.45) is 11.1. The Kier molecular flexibility index (Phi) is 9.12. The molecule has 0 aliphatic carbocycles. The highest BCUT2D eigenvalue weighted by Gasteiger charge is 2.46. The molecule has 2 fully saturated rings. The zero-order chi connectivity index (χ0) is 21.4. The SMILES string of the molecule is CCCCCCCCCC(=O)N1CCC2(CC1)SCCN2C(=O)c1ccc(Br)cc1. The molecule has 3 rings (SSSR count). The predicted molar refractivity (Wildman–Crippen MR) is 129 cm³/mol. The van der Waals surface area contributed by atoms with Crippen LogP contribution in [-0.4, -0.2) is 51.9 Å². The Bertz CT molecular complexity index is 702. The minimum absolute atomic E-state index is 0.121. The van der Waals surface area contributed by atoms with Gasteiger partial charge in [0.15, 0.2) is 0 Å². The summed E-state index contributed by atoms with van der Waals surface area (Å²) in [5.41, 5.74) is 0.748. The van der Waals surface area contributed by atoms with Gasteiger partial charge in [-0.1, -0.05) is 61.4 Å². The average Bonchev–Trinajstić information content (AvgIpc) is 3.16. The monoisotopic (exact) mass is 494 g/mol. The fourth-order valence-corrected chi connectivity index (χ4v) is 6.27. The van der Waals surface area contributed by atoms with Crippen molar-refractivity contribution in [2.45, 2.75) is 76.0 Å². The Morgan fingerprint density at radius 1 is 0.967 bits per heavy atom. The summed E-state index contributed by atoms with van der Waals surface area (Å²) < 4.78 is 0.984. The van der Waals surface area contributed by atoms with E-state index >= 15 is 0 Å². The van der Waals surface area contributed by atoms with Crippen LogP contribution < -0.4 is 0 Å². The third-order valence-electron chi connectivity index (χ3n) is 6.41. The molecule has 2 aliphatic rings. The molecular formula is C24H35BrN2O2S. The van der Waals surface area contributed by atoms with Crippen LogP contribution in [0.1, 0.15) is 81.5 Å². The van der Waals surface area contributed by atoms with Crippen LogP contribution in [-0.2, 0) is 4.79 Å². The summed E-state index contributed by atoms with van der Waals surface area (Å²) in [4.78, 5) is 29.7. The number of carbonyl (C=O) groups excluding carboxylic acids is 2. The van der Waals surface area contributed by atoms with Crippen molar-refractivity contribution in [2.24, 2.45) is 0 Å². The first kappa shape index (κ1) is 23.6. The van der Waals surface area contributed by atoms with E-state index in [9.17, 15) is 9.59 Å². The van der Waals surface area contributed by atoms with Gasteiger partial charge in [0.25, 0.3) is 5.91 Å².